The summed E-state index contributed by atoms with van der Waals surface area (Å²) in [6, 6.07) is 24.7. The summed E-state index contributed by atoms with van der Waals surface area (Å²) in [7, 11) is 0. The molecule has 30 heavy (non-hydrogen) atoms. The second kappa shape index (κ2) is 10.6. The van der Waals surface area contributed by atoms with E-state index in [0.717, 1.165) is 16.7 Å². The SMILES string of the molecule is O=C(NCc1ccc(Cl)cc1)C(CO)NC(=O)C(c1ccccc1)c1ccccc1. The van der Waals surface area contributed by atoms with Gasteiger partial charge in [0.1, 0.15) is 6.04 Å². The Balaban J connectivity index is 1.71. The van der Waals surface area contributed by atoms with E-state index in [4.69, 9.17) is 11.6 Å². The zero-order valence-electron chi connectivity index (χ0n) is 16.3. The van der Waals surface area contributed by atoms with Gasteiger partial charge in [-0.1, -0.05) is 84.4 Å². The number of carbonyl (C=O) groups excluding carboxylic acids is 2. The maximum Gasteiger partial charge on any atom is 0.245 e. The van der Waals surface area contributed by atoms with Gasteiger partial charge in [-0.2, -0.15) is 0 Å². The first-order valence-corrected chi connectivity index (χ1v) is 9.99. The highest BCUT2D eigenvalue weighted by Crippen LogP contribution is 2.24. The Morgan fingerprint density at radius 3 is 1.83 bits per heavy atom. The number of benzene rings is 3. The maximum absolute atomic E-state index is 13.1. The van der Waals surface area contributed by atoms with Gasteiger partial charge in [-0.15, -0.1) is 0 Å². The predicted octanol–water partition coefficient (Wildman–Crippen LogP) is 3.27. The minimum absolute atomic E-state index is 0.267. The fourth-order valence-electron chi connectivity index (χ4n) is 3.15. The van der Waals surface area contributed by atoms with Crippen molar-refractivity contribution in [2.45, 2.75) is 18.5 Å². The lowest BCUT2D eigenvalue weighted by Crippen LogP contribution is -2.50. The molecule has 1 unspecified atom stereocenters. The standard InChI is InChI=1S/C24H23ClN2O3/c25-20-13-11-17(12-14-20)15-26-23(29)21(16-28)27-24(30)22(18-7-3-1-4-8-18)19-9-5-2-6-10-19/h1-14,21-22,28H,15-16H2,(H,26,29)(H,27,30). The third kappa shape index (κ3) is 5.69. The molecule has 154 valence electrons. The average molecular weight is 423 g/mol. The zero-order chi connectivity index (χ0) is 21.3. The van der Waals surface area contributed by atoms with Crippen LogP contribution in [0.1, 0.15) is 22.6 Å². The molecule has 0 bridgehead atoms. The van der Waals surface area contributed by atoms with E-state index in [2.05, 4.69) is 10.6 Å². The van der Waals surface area contributed by atoms with Crippen molar-refractivity contribution in [2.24, 2.45) is 0 Å². The molecule has 3 rings (SSSR count). The van der Waals surface area contributed by atoms with Crippen molar-refractivity contribution in [1.82, 2.24) is 10.6 Å². The molecule has 0 aromatic heterocycles. The zero-order valence-corrected chi connectivity index (χ0v) is 17.0. The molecule has 0 heterocycles. The van der Waals surface area contributed by atoms with Crippen LogP contribution in [0, 0.1) is 0 Å². The van der Waals surface area contributed by atoms with Crippen LogP contribution in [0.2, 0.25) is 5.02 Å². The lowest BCUT2D eigenvalue weighted by Gasteiger charge is -2.22. The van der Waals surface area contributed by atoms with E-state index >= 15 is 0 Å². The van der Waals surface area contributed by atoms with Crippen molar-refractivity contribution < 1.29 is 14.7 Å². The van der Waals surface area contributed by atoms with E-state index in [-0.39, 0.29) is 12.5 Å². The number of carbonyl (C=O) groups is 2. The maximum atomic E-state index is 13.1. The first-order valence-electron chi connectivity index (χ1n) is 9.61. The van der Waals surface area contributed by atoms with Gasteiger partial charge in [-0.3, -0.25) is 9.59 Å². The largest absolute Gasteiger partial charge is 0.394 e. The Labute approximate surface area is 180 Å². The summed E-state index contributed by atoms with van der Waals surface area (Å²) in [5, 5.41) is 15.7. The van der Waals surface area contributed by atoms with E-state index in [0.29, 0.717) is 5.02 Å². The molecule has 3 N–H and O–H groups in total. The van der Waals surface area contributed by atoms with Crippen molar-refractivity contribution in [2.75, 3.05) is 6.61 Å². The van der Waals surface area contributed by atoms with Crippen LogP contribution < -0.4 is 10.6 Å². The number of aliphatic hydroxyl groups excluding tert-OH is 1. The summed E-state index contributed by atoms with van der Waals surface area (Å²) in [6.45, 7) is -0.238. The molecule has 1 atom stereocenters. The van der Waals surface area contributed by atoms with Crippen LogP contribution in [0.4, 0.5) is 0 Å². The van der Waals surface area contributed by atoms with Gasteiger partial charge in [0, 0.05) is 11.6 Å². The number of amides is 2. The lowest BCUT2D eigenvalue weighted by atomic mass is 9.90. The minimum Gasteiger partial charge on any atom is -0.394 e. The van der Waals surface area contributed by atoms with Crippen molar-refractivity contribution in [1.29, 1.82) is 0 Å². The highest BCUT2D eigenvalue weighted by atomic mass is 35.5. The topological polar surface area (TPSA) is 78.4 Å². The summed E-state index contributed by atoms with van der Waals surface area (Å²) >= 11 is 5.87. The molecule has 0 radical (unpaired) electrons. The third-order valence-electron chi connectivity index (χ3n) is 4.72. The van der Waals surface area contributed by atoms with Gasteiger partial charge < -0.3 is 15.7 Å². The molecule has 5 nitrogen and oxygen atoms in total. The molecule has 0 aliphatic carbocycles. The smallest absolute Gasteiger partial charge is 0.245 e. The Hall–Kier alpha value is -3.15. The van der Waals surface area contributed by atoms with Crippen molar-refractivity contribution in [3.63, 3.8) is 0 Å². The monoisotopic (exact) mass is 422 g/mol. The fraction of sp³-hybridized carbons (Fsp3) is 0.167. The van der Waals surface area contributed by atoms with E-state index in [1.54, 1.807) is 24.3 Å². The Kier molecular flexibility index (Phi) is 7.60. The summed E-state index contributed by atoms with van der Waals surface area (Å²) in [4.78, 5) is 25.6. The first kappa shape index (κ1) is 21.6. The molecule has 0 aliphatic heterocycles. The van der Waals surface area contributed by atoms with Gasteiger partial charge in [0.05, 0.1) is 12.5 Å². The van der Waals surface area contributed by atoms with Gasteiger partial charge in [0.25, 0.3) is 0 Å². The molecular weight excluding hydrogens is 400 g/mol. The summed E-state index contributed by atoms with van der Waals surface area (Å²) in [5.74, 6) is -1.40. The Bertz CT molecular complexity index is 923. The minimum atomic E-state index is -1.06. The molecule has 2 amide bonds. The summed E-state index contributed by atoms with van der Waals surface area (Å²) in [6.07, 6.45) is 0. The molecule has 0 saturated heterocycles. The second-order valence-electron chi connectivity index (χ2n) is 6.84. The molecule has 0 spiro atoms. The number of nitrogens with one attached hydrogen (secondary N) is 2. The predicted molar refractivity (Wildman–Crippen MR) is 117 cm³/mol. The van der Waals surface area contributed by atoms with E-state index in [1.165, 1.54) is 0 Å². The van der Waals surface area contributed by atoms with Crippen molar-refractivity contribution in [3.8, 4) is 0 Å². The molecule has 3 aromatic carbocycles. The van der Waals surface area contributed by atoms with Crippen LogP contribution in [0.15, 0.2) is 84.9 Å². The van der Waals surface area contributed by atoms with Crippen molar-refractivity contribution >= 4 is 23.4 Å². The fourth-order valence-corrected chi connectivity index (χ4v) is 3.28. The molecule has 6 heteroatoms. The quantitative estimate of drug-likeness (QED) is 0.521. The Morgan fingerprint density at radius 1 is 0.800 bits per heavy atom. The number of aliphatic hydroxyl groups is 1. The van der Waals surface area contributed by atoms with Crippen LogP contribution in [-0.2, 0) is 16.1 Å². The van der Waals surface area contributed by atoms with Gasteiger partial charge in [0.15, 0.2) is 0 Å². The third-order valence-corrected chi connectivity index (χ3v) is 4.98. The first-order chi connectivity index (χ1) is 14.6. The highest BCUT2D eigenvalue weighted by Gasteiger charge is 2.27. The number of hydrogen-bond acceptors (Lipinski definition) is 3. The lowest BCUT2D eigenvalue weighted by molar-refractivity contribution is -0.130. The van der Waals surface area contributed by atoms with Crippen LogP contribution >= 0.6 is 11.6 Å². The van der Waals surface area contributed by atoms with Crippen LogP contribution in [0.3, 0.4) is 0 Å². The van der Waals surface area contributed by atoms with Crippen molar-refractivity contribution in [3.05, 3.63) is 107 Å². The number of hydrogen-bond donors (Lipinski definition) is 3. The number of halogens is 1. The van der Waals surface area contributed by atoms with E-state index in [9.17, 15) is 14.7 Å². The highest BCUT2D eigenvalue weighted by molar-refractivity contribution is 6.30. The van der Waals surface area contributed by atoms with E-state index in [1.807, 2.05) is 60.7 Å². The summed E-state index contributed by atoms with van der Waals surface area (Å²) < 4.78 is 0. The molecule has 3 aromatic rings. The van der Waals surface area contributed by atoms with Gasteiger partial charge in [-0.05, 0) is 28.8 Å². The summed E-state index contributed by atoms with van der Waals surface area (Å²) in [5.41, 5.74) is 2.47. The van der Waals surface area contributed by atoms with Gasteiger partial charge in [-0.25, -0.2) is 0 Å². The molecular formula is C24H23ClN2O3. The normalized spacial score (nSPS) is 11.7. The molecule has 0 aliphatic rings. The second-order valence-corrected chi connectivity index (χ2v) is 7.28. The average Bonchev–Trinajstić information content (AvgIpc) is 2.78. The number of rotatable bonds is 8. The van der Waals surface area contributed by atoms with Crippen LogP contribution in [0.25, 0.3) is 0 Å². The molecule has 0 fully saturated rings. The van der Waals surface area contributed by atoms with E-state index < -0.39 is 24.5 Å². The Morgan fingerprint density at radius 2 is 1.33 bits per heavy atom. The molecule has 0 saturated carbocycles. The van der Waals surface area contributed by atoms with Gasteiger partial charge in [0.2, 0.25) is 11.8 Å². The van der Waals surface area contributed by atoms with Gasteiger partial charge >= 0.3 is 0 Å². The van der Waals surface area contributed by atoms with Crippen LogP contribution in [0.5, 0.6) is 0 Å². The van der Waals surface area contributed by atoms with Crippen LogP contribution in [-0.4, -0.2) is 29.6 Å².